The average Bonchev–Trinajstić information content (AvgIpc) is 3.21. The summed E-state index contributed by atoms with van der Waals surface area (Å²) in [6.45, 7) is 9.94. The number of halogens is 1. The summed E-state index contributed by atoms with van der Waals surface area (Å²) in [4.78, 5) is 33.5. The Labute approximate surface area is 211 Å². The zero-order valence-electron chi connectivity index (χ0n) is 21.7. The van der Waals surface area contributed by atoms with Gasteiger partial charge >= 0.3 is 6.09 Å². The number of carbonyl (C=O) groups excluding carboxylic acids is 2. The molecule has 0 saturated carbocycles. The molecule has 3 heterocycles. The summed E-state index contributed by atoms with van der Waals surface area (Å²) in [5, 5.41) is 0.933. The quantitative estimate of drug-likeness (QED) is 0.447. The van der Waals surface area contributed by atoms with E-state index < -0.39 is 11.4 Å². The van der Waals surface area contributed by atoms with E-state index in [0.29, 0.717) is 12.2 Å². The number of benzene rings is 1. The Balaban J connectivity index is 1.83. The molecule has 0 saturated heterocycles. The van der Waals surface area contributed by atoms with E-state index in [9.17, 15) is 14.0 Å². The first-order valence-electron chi connectivity index (χ1n) is 12.2. The lowest BCUT2D eigenvalue weighted by Crippen LogP contribution is -2.35. The van der Waals surface area contributed by atoms with E-state index >= 15 is 0 Å². The minimum atomic E-state index is -0.584. The molecule has 2 amide bonds. The maximum atomic E-state index is 14.3. The highest BCUT2D eigenvalue weighted by molar-refractivity contribution is 6.00. The maximum absolute atomic E-state index is 14.3. The highest BCUT2D eigenvalue weighted by Crippen LogP contribution is 2.35. The third-order valence-electron chi connectivity index (χ3n) is 6.28. The van der Waals surface area contributed by atoms with Gasteiger partial charge in [0.2, 0.25) is 0 Å². The van der Waals surface area contributed by atoms with Gasteiger partial charge in [-0.25, -0.2) is 9.18 Å². The topological polar surface area (TPSA) is 67.7 Å². The van der Waals surface area contributed by atoms with Crippen molar-refractivity contribution in [3.8, 4) is 5.69 Å². The summed E-state index contributed by atoms with van der Waals surface area (Å²) in [7, 11) is 1.71. The number of allylic oxidation sites excluding steroid dienone is 1. The van der Waals surface area contributed by atoms with Crippen LogP contribution in [0.25, 0.3) is 22.2 Å². The lowest BCUT2D eigenvalue weighted by atomic mass is 9.99. The van der Waals surface area contributed by atoms with Gasteiger partial charge in [0.05, 0.1) is 23.0 Å². The van der Waals surface area contributed by atoms with Crippen LogP contribution in [0.4, 0.5) is 9.18 Å². The molecule has 0 aliphatic carbocycles. The third kappa shape index (κ3) is 5.12. The smallest absolute Gasteiger partial charge is 0.414 e. The molecule has 0 spiro atoms. The number of hydrogen-bond acceptors (Lipinski definition) is 4. The molecule has 4 rings (SSSR count). The Morgan fingerprint density at radius 2 is 1.94 bits per heavy atom. The number of rotatable bonds is 4. The Morgan fingerprint density at radius 1 is 1.19 bits per heavy atom. The predicted molar refractivity (Wildman–Crippen MR) is 138 cm³/mol. The molecule has 2 aromatic heterocycles. The van der Waals surface area contributed by atoms with Crippen LogP contribution in [0.15, 0.2) is 49.1 Å². The van der Waals surface area contributed by atoms with Crippen molar-refractivity contribution in [1.29, 1.82) is 0 Å². The zero-order valence-corrected chi connectivity index (χ0v) is 21.7. The van der Waals surface area contributed by atoms with Crippen molar-refractivity contribution >= 4 is 28.5 Å². The summed E-state index contributed by atoms with van der Waals surface area (Å²) < 4.78 is 21.7. The van der Waals surface area contributed by atoms with Gasteiger partial charge in [-0.05, 0) is 77.3 Å². The van der Waals surface area contributed by atoms with E-state index in [0.717, 1.165) is 34.9 Å². The summed E-state index contributed by atoms with van der Waals surface area (Å²) >= 11 is 0. The second kappa shape index (κ2) is 9.76. The fraction of sp³-hybridized carbons (Fsp3) is 0.393. The number of nitrogens with zero attached hydrogens (tertiary/aromatic N) is 4. The van der Waals surface area contributed by atoms with Crippen molar-refractivity contribution < 1.29 is 18.7 Å². The molecule has 0 N–H and O–H groups in total. The van der Waals surface area contributed by atoms with Crippen LogP contribution in [0.3, 0.4) is 0 Å². The van der Waals surface area contributed by atoms with Crippen LogP contribution in [0.5, 0.6) is 0 Å². The Morgan fingerprint density at radius 3 is 2.64 bits per heavy atom. The van der Waals surface area contributed by atoms with Crippen molar-refractivity contribution in [3.63, 3.8) is 0 Å². The highest BCUT2D eigenvalue weighted by Gasteiger charge is 2.26. The highest BCUT2D eigenvalue weighted by atomic mass is 19.1. The van der Waals surface area contributed by atoms with Gasteiger partial charge in [-0.2, -0.15) is 0 Å². The summed E-state index contributed by atoms with van der Waals surface area (Å²) in [5.74, 6) is -0.739. The minimum absolute atomic E-state index is 0.0431. The van der Waals surface area contributed by atoms with Crippen molar-refractivity contribution in [2.45, 2.75) is 59.1 Å². The molecule has 1 aromatic carbocycles. The first-order chi connectivity index (χ1) is 17.0. The van der Waals surface area contributed by atoms with Crippen molar-refractivity contribution in [2.75, 3.05) is 13.6 Å². The number of hydrogen-bond donors (Lipinski definition) is 0. The molecule has 0 atom stereocenters. The number of pyridine rings is 1. The van der Waals surface area contributed by atoms with Crippen LogP contribution in [0.2, 0.25) is 0 Å². The van der Waals surface area contributed by atoms with E-state index in [1.54, 1.807) is 35.3 Å². The molecule has 0 bridgehead atoms. The maximum Gasteiger partial charge on any atom is 0.414 e. The van der Waals surface area contributed by atoms with E-state index in [2.05, 4.69) is 4.98 Å². The molecule has 7 nitrogen and oxygen atoms in total. The summed E-state index contributed by atoms with van der Waals surface area (Å²) in [5.41, 5.74) is 2.96. The lowest BCUT2D eigenvalue weighted by molar-refractivity contribution is 0.0329. The van der Waals surface area contributed by atoms with Crippen LogP contribution < -0.4 is 0 Å². The molecule has 0 unspecified atom stereocenters. The van der Waals surface area contributed by atoms with Gasteiger partial charge in [0.1, 0.15) is 11.4 Å². The fourth-order valence-corrected chi connectivity index (χ4v) is 4.27. The first kappa shape index (κ1) is 25.4. The number of fused-ring (bicyclic) bond motifs is 1. The molecule has 36 heavy (non-hydrogen) atoms. The molecule has 190 valence electrons. The van der Waals surface area contributed by atoms with E-state index in [-0.39, 0.29) is 23.6 Å². The second-order valence-corrected chi connectivity index (χ2v) is 10.4. The van der Waals surface area contributed by atoms with Crippen molar-refractivity contribution in [2.24, 2.45) is 0 Å². The van der Waals surface area contributed by atoms with Gasteiger partial charge in [0.25, 0.3) is 5.91 Å². The minimum Gasteiger partial charge on any atom is -0.443 e. The normalized spacial score (nSPS) is 14.2. The van der Waals surface area contributed by atoms with Gasteiger partial charge in [-0.15, -0.1) is 0 Å². The van der Waals surface area contributed by atoms with Crippen LogP contribution in [-0.4, -0.2) is 56.6 Å². The Bertz CT molecular complexity index is 1340. The molecule has 1 aliphatic rings. The Hall–Kier alpha value is -3.68. The number of ether oxygens (including phenoxy) is 1. The van der Waals surface area contributed by atoms with Gasteiger partial charge in [0.15, 0.2) is 0 Å². The van der Waals surface area contributed by atoms with Gasteiger partial charge < -0.3 is 14.2 Å². The number of aromatic nitrogens is 2. The van der Waals surface area contributed by atoms with Gasteiger partial charge in [-0.3, -0.25) is 14.7 Å². The monoisotopic (exact) mass is 492 g/mol. The molecule has 3 aromatic rings. The molecule has 0 radical (unpaired) electrons. The fourth-order valence-electron chi connectivity index (χ4n) is 4.27. The van der Waals surface area contributed by atoms with Gasteiger partial charge in [0, 0.05) is 49.2 Å². The molecular formula is C28H33FN4O3. The molecule has 0 fully saturated rings. The van der Waals surface area contributed by atoms with Crippen molar-refractivity contribution in [1.82, 2.24) is 19.4 Å². The molecule has 8 heteroatoms. The number of amides is 2. The summed E-state index contributed by atoms with van der Waals surface area (Å²) in [6.07, 6.45) is 8.44. The zero-order chi connectivity index (χ0) is 26.2. The van der Waals surface area contributed by atoms with Crippen LogP contribution in [-0.2, 0) is 4.74 Å². The van der Waals surface area contributed by atoms with Crippen LogP contribution in [0.1, 0.15) is 63.4 Å². The first-order valence-corrected chi connectivity index (χ1v) is 12.2. The predicted octanol–water partition coefficient (Wildman–Crippen LogP) is 6.02. The average molecular weight is 493 g/mol. The Kier molecular flexibility index (Phi) is 6.89. The molecular weight excluding hydrogens is 459 g/mol. The van der Waals surface area contributed by atoms with Gasteiger partial charge in [-0.1, -0.05) is 0 Å². The van der Waals surface area contributed by atoms with E-state index in [4.69, 9.17) is 4.74 Å². The van der Waals surface area contributed by atoms with E-state index in [1.165, 1.54) is 12.1 Å². The van der Waals surface area contributed by atoms with Crippen LogP contribution in [0, 0.1) is 5.82 Å². The largest absolute Gasteiger partial charge is 0.443 e. The standard InChI is InChI=1S/C28H33FN4O3/c1-18(2)31(6)26(34)22-14-20(29)9-10-24(22)33-17-23(21-11-12-30-15-25(21)33)19-8-7-13-32(16-19)27(35)36-28(3,4)5/h9-12,14-18H,7-8,13H2,1-6H3. The SMILES string of the molecule is CC(C)N(C)C(=O)c1cc(F)ccc1-n1cc(C2=CN(C(=O)OC(C)(C)C)CCC2)c2ccncc21. The van der Waals surface area contributed by atoms with Crippen LogP contribution >= 0.6 is 0 Å². The van der Waals surface area contributed by atoms with Crippen molar-refractivity contribution in [3.05, 3.63) is 66.0 Å². The third-order valence-corrected chi connectivity index (χ3v) is 6.28. The lowest BCUT2D eigenvalue weighted by Gasteiger charge is -2.28. The molecule has 1 aliphatic heterocycles. The van der Waals surface area contributed by atoms with E-state index in [1.807, 2.05) is 57.6 Å². The second-order valence-electron chi connectivity index (χ2n) is 10.4. The summed E-state index contributed by atoms with van der Waals surface area (Å²) in [6, 6.07) is 6.13. The number of carbonyl (C=O) groups is 2.